The molecule has 0 aromatic heterocycles. The van der Waals surface area contributed by atoms with Crippen LogP contribution in [0.1, 0.15) is 93.9 Å². The van der Waals surface area contributed by atoms with Crippen molar-refractivity contribution in [2.24, 2.45) is 10.8 Å². The second-order valence-electron chi connectivity index (χ2n) is 12.3. The molecular formula is C34H50O2S. The van der Waals surface area contributed by atoms with Gasteiger partial charge in [0.2, 0.25) is 0 Å². The predicted molar refractivity (Wildman–Crippen MR) is 163 cm³/mol. The van der Waals surface area contributed by atoms with E-state index in [1.807, 2.05) is 24.3 Å². The van der Waals surface area contributed by atoms with E-state index in [4.69, 9.17) is 0 Å². The third kappa shape index (κ3) is 10.3. The molecule has 2 rings (SSSR count). The highest BCUT2D eigenvalue weighted by Gasteiger charge is 2.27. The highest BCUT2D eigenvalue weighted by molar-refractivity contribution is 7.91. The fraction of sp³-hybridized carbons (Fsp3) is 0.529. The highest BCUT2D eigenvalue weighted by Crippen LogP contribution is 2.41. The number of sulfone groups is 1. The molecule has 0 saturated carbocycles. The van der Waals surface area contributed by atoms with E-state index in [-0.39, 0.29) is 22.3 Å². The van der Waals surface area contributed by atoms with Crippen molar-refractivity contribution in [3.8, 4) is 0 Å². The second kappa shape index (κ2) is 13.6. The summed E-state index contributed by atoms with van der Waals surface area (Å²) in [5.41, 5.74) is 8.53. The van der Waals surface area contributed by atoms with Gasteiger partial charge in [0.25, 0.3) is 0 Å². The van der Waals surface area contributed by atoms with E-state index in [1.54, 1.807) is 12.2 Å². The standard InChI is InChI=1S/C34H50O2S/c1-27(19-21-31-29(3)17-13-23-33(31,5)6)15-9-11-25-37(35,36)26-12-10-16-28(2)20-22-32-30(4)18-14-24-34(32,7)8/h9-12,15-16,19-22H,13-14,17-18,23-26H2,1-8H3/b11-9+,12-10+,21-19+,22-20+,27-15+,28-16+. The average Bonchev–Trinajstić information content (AvgIpc) is 2.78. The fourth-order valence-electron chi connectivity index (χ4n) is 5.47. The van der Waals surface area contributed by atoms with Gasteiger partial charge in [0.1, 0.15) is 0 Å². The quantitative estimate of drug-likeness (QED) is 0.268. The lowest BCUT2D eigenvalue weighted by Gasteiger charge is -2.33. The van der Waals surface area contributed by atoms with E-state index in [1.165, 1.54) is 60.8 Å². The number of rotatable bonds is 10. The maximum absolute atomic E-state index is 12.4. The Kier molecular flexibility index (Phi) is 11.4. The molecule has 204 valence electrons. The third-order valence-electron chi connectivity index (χ3n) is 7.80. The first-order chi connectivity index (χ1) is 17.2. The summed E-state index contributed by atoms with van der Waals surface area (Å²) in [5, 5.41) is 0. The summed E-state index contributed by atoms with van der Waals surface area (Å²) in [6, 6.07) is 0. The highest BCUT2D eigenvalue weighted by atomic mass is 32.2. The monoisotopic (exact) mass is 522 g/mol. The third-order valence-corrected chi connectivity index (χ3v) is 9.20. The first-order valence-electron chi connectivity index (χ1n) is 13.9. The SMILES string of the molecule is CC1=C(/C=C/C(C)=C/C=C/CS(=O)(=O)C/C=C/C=C(C)/C=C/C2=C(C)CCCC2(C)C)C(C)(C)CCC1. The Morgan fingerprint density at radius 3 is 1.46 bits per heavy atom. The zero-order chi connectivity index (χ0) is 27.7. The minimum Gasteiger partial charge on any atom is -0.228 e. The van der Waals surface area contributed by atoms with Gasteiger partial charge in [0, 0.05) is 0 Å². The van der Waals surface area contributed by atoms with Crippen molar-refractivity contribution < 1.29 is 8.42 Å². The van der Waals surface area contributed by atoms with Crippen LogP contribution in [-0.2, 0) is 9.84 Å². The summed E-state index contributed by atoms with van der Waals surface area (Å²) in [5.74, 6) is 0.0977. The first kappa shape index (κ1) is 31.1. The van der Waals surface area contributed by atoms with Crippen molar-refractivity contribution in [3.63, 3.8) is 0 Å². The van der Waals surface area contributed by atoms with Gasteiger partial charge in [-0.05, 0) is 88.2 Å². The molecule has 0 bridgehead atoms. The van der Waals surface area contributed by atoms with Gasteiger partial charge in [-0.2, -0.15) is 0 Å². The number of hydrogen-bond donors (Lipinski definition) is 0. The van der Waals surface area contributed by atoms with Crippen LogP contribution in [0.15, 0.2) is 94.2 Å². The Balaban J connectivity index is 1.88. The first-order valence-corrected chi connectivity index (χ1v) is 15.7. The van der Waals surface area contributed by atoms with Crippen LogP contribution < -0.4 is 0 Å². The molecule has 0 radical (unpaired) electrons. The van der Waals surface area contributed by atoms with Crippen molar-refractivity contribution in [2.75, 3.05) is 11.5 Å². The Labute approximate surface area is 228 Å². The average molecular weight is 523 g/mol. The summed E-state index contributed by atoms with van der Waals surface area (Å²) in [7, 11) is -3.16. The zero-order valence-corrected chi connectivity index (χ0v) is 25.5. The predicted octanol–water partition coefficient (Wildman–Crippen LogP) is 9.57. The van der Waals surface area contributed by atoms with Crippen molar-refractivity contribution >= 4 is 9.84 Å². The topological polar surface area (TPSA) is 34.1 Å². The van der Waals surface area contributed by atoms with E-state index in [9.17, 15) is 8.42 Å². The van der Waals surface area contributed by atoms with E-state index in [0.29, 0.717) is 0 Å². The summed E-state index contributed by atoms with van der Waals surface area (Å²) >= 11 is 0. The Morgan fingerprint density at radius 2 is 1.11 bits per heavy atom. The van der Waals surface area contributed by atoms with Crippen LogP contribution >= 0.6 is 0 Å². The fourth-order valence-corrected chi connectivity index (χ4v) is 6.42. The lowest BCUT2D eigenvalue weighted by molar-refractivity contribution is 0.376. The van der Waals surface area contributed by atoms with Gasteiger partial charge in [-0.3, -0.25) is 0 Å². The normalized spacial score (nSPS) is 21.9. The smallest absolute Gasteiger partial charge is 0.157 e. The summed E-state index contributed by atoms with van der Waals surface area (Å²) < 4.78 is 24.8. The van der Waals surface area contributed by atoms with Crippen molar-refractivity contribution in [1.82, 2.24) is 0 Å². The molecule has 2 aliphatic rings. The summed E-state index contributed by atoms with van der Waals surface area (Å²) in [6.07, 6.45) is 27.3. The van der Waals surface area contributed by atoms with Crippen LogP contribution in [0, 0.1) is 10.8 Å². The van der Waals surface area contributed by atoms with Crippen LogP contribution in [0.4, 0.5) is 0 Å². The lowest BCUT2D eigenvalue weighted by Crippen LogP contribution is -2.19. The van der Waals surface area contributed by atoms with Gasteiger partial charge in [0.15, 0.2) is 9.84 Å². The van der Waals surface area contributed by atoms with Crippen LogP contribution in [-0.4, -0.2) is 19.9 Å². The molecular weight excluding hydrogens is 472 g/mol. The van der Waals surface area contributed by atoms with Gasteiger partial charge >= 0.3 is 0 Å². The summed E-state index contributed by atoms with van der Waals surface area (Å²) in [6.45, 7) is 17.9. The molecule has 0 spiro atoms. The molecule has 0 saturated heterocycles. The van der Waals surface area contributed by atoms with E-state index < -0.39 is 9.84 Å². The molecule has 2 nitrogen and oxygen atoms in total. The molecule has 0 amide bonds. The molecule has 0 atom stereocenters. The van der Waals surface area contributed by atoms with Gasteiger partial charge in [0.05, 0.1) is 11.5 Å². The van der Waals surface area contributed by atoms with Crippen molar-refractivity contribution in [2.45, 2.75) is 93.9 Å². The van der Waals surface area contributed by atoms with Gasteiger partial charge in [-0.15, -0.1) is 0 Å². The molecule has 3 heteroatoms. The maximum Gasteiger partial charge on any atom is 0.157 e. The molecule has 0 aromatic carbocycles. The van der Waals surface area contributed by atoms with Crippen molar-refractivity contribution in [1.29, 1.82) is 0 Å². The van der Waals surface area contributed by atoms with Gasteiger partial charge < -0.3 is 0 Å². The lowest BCUT2D eigenvalue weighted by atomic mass is 9.72. The maximum atomic E-state index is 12.4. The van der Waals surface area contributed by atoms with Gasteiger partial charge in [-0.25, -0.2) is 8.42 Å². The Morgan fingerprint density at radius 1 is 0.730 bits per heavy atom. The number of hydrogen-bond acceptors (Lipinski definition) is 2. The van der Waals surface area contributed by atoms with Crippen LogP contribution in [0.3, 0.4) is 0 Å². The molecule has 0 fully saturated rings. The Hall–Kier alpha value is -2.13. The Bertz CT molecular complexity index is 1070. The largest absolute Gasteiger partial charge is 0.228 e. The minimum atomic E-state index is -3.16. The van der Waals surface area contributed by atoms with Crippen LogP contribution in [0.5, 0.6) is 0 Å². The van der Waals surface area contributed by atoms with Crippen molar-refractivity contribution in [3.05, 3.63) is 94.2 Å². The van der Waals surface area contributed by atoms with E-state index >= 15 is 0 Å². The molecule has 0 heterocycles. The van der Waals surface area contributed by atoms with E-state index in [0.717, 1.165) is 11.1 Å². The number of allylic oxidation sites excluding steroid dienone is 14. The van der Waals surface area contributed by atoms with Gasteiger partial charge in [-0.1, -0.05) is 111 Å². The molecule has 0 aromatic rings. The summed E-state index contributed by atoms with van der Waals surface area (Å²) in [4.78, 5) is 0. The minimum absolute atomic E-state index is 0.0488. The molecule has 0 aliphatic heterocycles. The van der Waals surface area contributed by atoms with E-state index in [2.05, 4.69) is 79.7 Å². The molecule has 37 heavy (non-hydrogen) atoms. The second-order valence-corrected chi connectivity index (χ2v) is 14.4. The zero-order valence-electron chi connectivity index (χ0n) is 24.7. The molecule has 0 N–H and O–H groups in total. The molecule has 2 aliphatic carbocycles. The molecule has 0 unspecified atom stereocenters. The van der Waals surface area contributed by atoms with Crippen LogP contribution in [0.2, 0.25) is 0 Å². The van der Waals surface area contributed by atoms with Crippen LogP contribution in [0.25, 0.3) is 0 Å².